The minimum Gasteiger partial charge on any atom is -0.456 e. The molecule has 0 heterocycles. The number of benzene rings is 2. The first kappa shape index (κ1) is 17.3. The Hall–Kier alpha value is -3.02. The molecule has 2 rings (SSSR count). The lowest BCUT2D eigenvalue weighted by Crippen LogP contribution is -2.31. The first-order valence-electron chi connectivity index (χ1n) is 7.25. The molecule has 0 saturated carbocycles. The fourth-order valence-electron chi connectivity index (χ4n) is 1.96. The van der Waals surface area contributed by atoms with E-state index in [2.05, 4.69) is 5.32 Å². The number of aryl methyl sites for hydroxylation is 1. The lowest BCUT2D eigenvalue weighted by molar-refractivity contribution is -0.141. The van der Waals surface area contributed by atoms with Gasteiger partial charge in [0.25, 0.3) is 5.91 Å². The molecule has 2 aromatic rings. The van der Waals surface area contributed by atoms with Gasteiger partial charge in [-0.2, -0.15) is 0 Å². The zero-order valence-electron chi connectivity index (χ0n) is 13.0. The van der Waals surface area contributed by atoms with Crippen LogP contribution in [0.1, 0.15) is 26.3 Å². The molecule has 0 bridgehead atoms. The van der Waals surface area contributed by atoms with Gasteiger partial charge in [0.15, 0.2) is 12.4 Å². The molecule has 0 aliphatic rings. The topological polar surface area (TPSA) is 72.5 Å². The summed E-state index contributed by atoms with van der Waals surface area (Å²) in [5.41, 5.74) is 1.60. The largest absolute Gasteiger partial charge is 0.456 e. The number of carbonyl (C=O) groups excluding carboxylic acids is 3. The summed E-state index contributed by atoms with van der Waals surface area (Å²) < 4.78 is 17.6. The van der Waals surface area contributed by atoms with E-state index in [0.29, 0.717) is 5.56 Å². The SMILES string of the molecule is Cc1cccc(C(=O)NCC(=O)OCC(=O)c2ccc(F)cc2)c1. The molecule has 0 fully saturated rings. The van der Waals surface area contributed by atoms with Crippen molar-refractivity contribution in [1.29, 1.82) is 0 Å². The first-order valence-corrected chi connectivity index (χ1v) is 7.25. The molecule has 6 heteroatoms. The number of ether oxygens (including phenoxy) is 1. The van der Waals surface area contributed by atoms with Crippen LogP contribution in [0.15, 0.2) is 48.5 Å². The maximum atomic E-state index is 12.8. The minimum atomic E-state index is -0.730. The van der Waals surface area contributed by atoms with Gasteiger partial charge in [-0.25, -0.2) is 4.39 Å². The second-order valence-electron chi connectivity index (χ2n) is 5.14. The van der Waals surface area contributed by atoms with Crippen molar-refractivity contribution in [3.05, 3.63) is 71.0 Å². The van der Waals surface area contributed by atoms with E-state index in [1.165, 1.54) is 12.1 Å². The molecular weight excluding hydrogens is 313 g/mol. The molecule has 24 heavy (non-hydrogen) atoms. The van der Waals surface area contributed by atoms with E-state index in [-0.39, 0.29) is 12.1 Å². The van der Waals surface area contributed by atoms with Crippen molar-refractivity contribution >= 4 is 17.7 Å². The number of halogens is 1. The van der Waals surface area contributed by atoms with Crippen molar-refractivity contribution in [2.24, 2.45) is 0 Å². The van der Waals surface area contributed by atoms with Crippen LogP contribution in [0.4, 0.5) is 4.39 Å². The fraction of sp³-hybridized carbons (Fsp3) is 0.167. The molecule has 2 aromatic carbocycles. The number of ketones is 1. The molecule has 0 saturated heterocycles. The smallest absolute Gasteiger partial charge is 0.325 e. The van der Waals surface area contributed by atoms with Crippen LogP contribution >= 0.6 is 0 Å². The van der Waals surface area contributed by atoms with Crippen molar-refractivity contribution in [1.82, 2.24) is 5.32 Å². The molecule has 0 radical (unpaired) electrons. The molecular formula is C18H16FNO4. The number of nitrogens with one attached hydrogen (secondary N) is 1. The van der Waals surface area contributed by atoms with E-state index < -0.39 is 30.1 Å². The quantitative estimate of drug-likeness (QED) is 0.652. The fourth-order valence-corrected chi connectivity index (χ4v) is 1.96. The summed E-state index contributed by atoms with van der Waals surface area (Å²) in [6, 6.07) is 11.8. The number of hydrogen-bond acceptors (Lipinski definition) is 4. The molecule has 0 aliphatic heterocycles. The maximum Gasteiger partial charge on any atom is 0.325 e. The Kier molecular flexibility index (Phi) is 5.78. The maximum absolute atomic E-state index is 12.8. The third-order valence-electron chi connectivity index (χ3n) is 3.20. The number of hydrogen-bond donors (Lipinski definition) is 1. The summed E-state index contributed by atoms with van der Waals surface area (Å²) in [5.74, 6) is -2.04. The summed E-state index contributed by atoms with van der Waals surface area (Å²) in [5, 5.41) is 2.42. The molecule has 1 N–H and O–H groups in total. The lowest BCUT2D eigenvalue weighted by atomic mass is 10.1. The Morgan fingerprint density at radius 3 is 2.42 bits per heavy atom. The van der Waals surface area contributed by atoms with Crippen LogP contribution in [0.2, 0.25) is 0 Å². The Morgan fingerprint density at radius 1 is 1.04 bits per heavy atom. The van der Waals surface area contributed by atoms with Crippen LogP contribution in [0.25, 0.3) is 0 Å². The minimum absolute atomic E-state index is 0.244. The predicted molar refractivity (Wildman–Crippen MR) is 85.2 cm³/mol. The zero-order valence-corrected chi connectivity index (χ0v) is 13.0. The summed E-state index contributed by atoms with van der Waals surface area (Å²) in [6.07, 6.45) is 0. The summed E-state index contributed by atoms with van der Waals surface area (Å²) in [7, 11) is 0. The van der Waals surface area contributed by atoms with Crippen LogP contribution in [-0.4, -0.2) is 30.8 Å². The standard InChI is InChI=1S/C18H16FNO4/c1-12-3-2-4-14(9-12)18(23)20-10-17(22)24-11-16(21)13-5-7-15(19)8-6-13/h2-9H,10-11H2,1H3,(H,20,23). The van der Waals surface area contributed by atoms with Crippen LogP contribution in [0.3, 0.4) is 0 Å². The molecule has 5 nitrogen and oxygen atoms in total. The molecule has 0 unspecified atom stereocenters. The molecule has 0 atom stereocenters. The van der Waals surface area contributed by atoms with Crippen molar-refractivity contribution in [2.75, 3.05) is 13.2 Å². The number of Topliss-reactive ketones (excluding diaryl/α,β-unsaturated/α-hetero) is 1. The number of amides is 1. The monoisotopic (exact) mass is 329 g/mol. The van der Waals surface area contributed by atoms with E-state index in [0.717, 1.165) is 17.7 Å². The van der Waals surface area contributed by atoms with Gasteiger partial charge in [0.2, 0.25) is 0 Å². The lowest BCUT2D eigenvalue weighted by Gasteiger charge is -2.07. The second kappa shape index (κ2) is 8.01. The average Bonchev–Trinajstić information content (AvgIpc) is 2.58. The summed E-state index contributed by atoms with van der Waals surface area (Å²) >= 11 is 0. The highest BCUT2D eigenvalue weighted by molar-refractivity contribution is 5.98. The predicted octanol–water partition coefficient (Wildman–Crippen LogP) is 2.29. The third-order valence-corrected chi connectivity index (χ3v) is 3.20. The molecule has 124 valence electrons. The summed E-state index contributed by atoms with van der Waals surface area (Å²) in [4.78, 5) is 35.2. The van der Waals surface area contributed by atoms with E-state index in [1.807, 2.05) is 13.0 Å². The Labute approximate surface area is 138 Å². The first-order chi connectivity index (χ1) is 11.5. The Bertz CT molecular complexity index is 756. The van der Waals surface area contributed by atoms with E-state index in [1.54, 1.807) is 18.2 Å². The van der Waals surface area contributed by atoms with Gasteiger partial charge in [-0.1, -0.05) is 17.7 Å². The van der Waals surface area contributed by atoms with Gasteiger partial charge >= 0.3 is 5.97 Å². The molecule has 1 amide bonds. The average molecular weight is 329 g/mol. The van der Waals surface area contributed by atoms with Gasteiger partial charge in [0.05, 0.1) is 0 Å². The van der Waals surface area contributed by atoms with Gasteiger partial charge in [-0.3, -0.25) is 14.4 Å². The highest BCUT2D eigenvalue weighted by Gasteiger charge is 2.12. The zero-order chi connectivity index (χ0) is 17.5. The van der Waals surface area contributed by atoms with Crippen molar-refractivity contribution < 1.29 is 23.5 Å². The van der Waals surface area contributed by atoms with E-state index >= 15 is 0 Å². The highest BCUT2D eigenvalue weighted by Crippen LogP contribution is 2.05. The highest BCUT2D eigenvalue weighted by atomic mass is 19.1. The van der Waals surface area contributed by atoms with Crippen molar-refractivity contribution in [2.45, 2.75) is 6.92 Å². The van der Waals surface area contributed by atoms with Gasteiger partial charge in [-0.05, 0) is 43.3 Å². The third kappa shape index (κ3) is 5.01. The molecule has 0 aromatic heterocycles. The van der Waals surface area contributed by atoms with E-state index in [9.17, 15) is 18.8 Å². The number of rotatable bonds is 6. The Morgan fingerprint density at radius 2 is 1.75 bits per heavy atom. The van der Waals surface area contributed by atoms with Crippen molar-refractivity contribution in [3.63, 3.8) is 0 Å². The molecule has 0 spiro atoms. The van der Waals surface area contributed by atoms with Crippen LogP contribution in [0.5, 0.6) is 0 Å². The van der Waals surface area contributed by atoms with Gasteiger partial charge < -0.3 is 10.1 Å². The Balaban J connectivity index is 1.78. The normalized spacial score (nSPS) is 10.1. The van der Waals surface area contributed by atoms with Crippen LogP contribution in [0, 0.1) is 12.7 Å². The van der Waals surface area contributed by atoms with E-state index in [4.69, 9.17) is 4.74 Å². The van der Waals surface area contributed by atoms with Gasteiger partial charge in [0.1, 0.15) is 12.4 Å². The van der Waals surface area contributed by atoms with Gasteiger partial charge in [-0.15, -0.1) is 0 Å². The molecule has 0 aliphatic carbocycles. The van der Waals surface area contributed by atoms with Crippen LogP contribution in [-0.2, 0) is 9.53 Å². The second-order valence-corrected chi connectivity index (χ2v) is 5.14. The number of carbonyl (C=O) groups is 3. The van der Waals surface area contributed by atoms with Crippen LogP contribution < -0.4 is 5.32 Å². The van der Waals surface area contributed by atoms with Crippen molar-refractivity contribution in [3.8, 4) is 0 Å². The summed E-state index contributed by atoms with van der Waals surface area (Å²) in [6.45, 7) is 1.04. The van der Waals surface area contributed by atoms with Gasteiger partial charge in [0, 0.05) is 11.1 Å². The number of esters is 1.